The summed E-state index contributed by atoms with van der Waals surface area (Å²) in [6, 6.07) is 14.4. The van der Waals surface area contributed by atoms with Crippen LogP contribution in [0.3, 0.4) is 0 Å². The molecule has 0 unspecified atom stereocenters. The molecule has 3 aromatic rings. The van der Waals surface area contributed by atoms with E-state index in [4.69, 9.17) is 22.3 Å². The van der Waals surface area contributed by atoms with Gasteiger partial charge in [-0.15, -0.1) is 0 Å². The van der Waals surface area contributed by atoms with Crippen LogP contribution in [0.4, 0.5) is 5.69 Å². The molecule has 20 heavy (non-hydrogen) atoms. The molecule has 1 fully saturated rings. The summed E-state index contributed by atoms with van der Waals surface area (Å²) < 4.78 is 2.31. The number of fused-ring (bicyclic) bond motifs is 1. The summed E-state index contributed by atoms with van der Waals surface area (Å²) in [5.74, 6) is 0.947. The Bertz CT molecular complexity index is 803. The number of rotatable bonds is 2. The molecule has 0 amide bonds. The van der Waals surface area contributed by atoms with E-state index in [0.29, 0.717) is 16.8 Å². The predicted molar refractivity (Wildman–Crippen MR) is 82.9 cm³/mol. The van der Waals surface area contributed by atoms with Gasteiger partial charge in [0.05, 0.1) is 11.0 Å². The number of halogens is 1. The lowest BCUT2D eigenvalue weighted by Crippen LogP contribution is -2.00. The molecule has 3 nitrogen and oxygen atoms in total. The van der Waals surface area contributed by atoms with Crippen LogP contribution in [0, 0.1) is 0 Å². The minimum absolute atomic E-state index is 0.549. The first-order valence-corrected chi connectivity index (χ1v) is 7.14. The van der Waals surface area contributed by atoms with Crippen molar-refractivity contribution < 1.29 is 0 Å². The molecule has 0 saturated heterocycles. The SMILES string of the molecule is Nc1cc(Cl)ccc1-c1nc2ccccc2n1C1CC1. The number of benzene rings is 2. The number of nitrogen functional groups attached to an aromatic ring is 1. The zero-order chi connectivity index (χ0) is 13.7. The van der Waals surface area contributed by atoms with Crippen molar-refractivity contribution in [2.75, 3.05) is 5.73 Å². The molecule has 0 radical (unpaired) electrons. The van der Waals surface area contributed by atoms with Crippen LogP contribution in [-0.2, 0) is 0 Å². The lowest BCUT2D eigenvalue weighted by Gasteiger charge is -2.10. The highest BCUT2D eigenvalue weighted by Gasteiger charge is 2.29. The molecular weight excluding hydrogens is 270 g/mol. The van der Waals surface area contributed by atoms with E-state index in [0.717, 1.165) is 16.9 Å². The number of aromatic nitrogens is 2. The maximum atomic E-state index is 6.13. The van der Waals surface area contributed by atoms with E-state index in [2.05, 4.69) is 16.7 Å². The molecule has 2 aromatic carbocycles. The van der Waals surface area contributed by atoms with Crippen LogP contribution in [0.1, 0.15) is 18.9 Å². The van der Waals surface area contributed by atoms with Crippen LogP contribution in [0.15, 0.2) is 42.5 Å². The van der Waals surface area contributed by atoms with Crippen molar-refractivity contribution in [3.8, 4) is 11.4 Å². The third-order valence-corrected chi connectivity index (χ3v) is 4.00. The zero-order valence-corrected chi connectivity index (χ0v) is 11.6. The highest BCUT2D eigenvalue weighted by atomic mass is 35.5. The van der Waals surface area contributed by atoms with Crippen LogP contribution < -0.4 is 5.73 Å². The molecule has 4 rings (SSSR count). The summed E-state index contributed by atoms with van der Waals surface area (Å²) in [7, 11) is 0. The van der Waals surface area contributed by atoms with E-state index in [1.165, 1.54) is 18.4 Å². The van der Waals surface area contributed by atoms with Gasteiger partial charge in [-0.3, -0.25) is 0 Å². The summed E-state index contributed by atoms with van der Waals surface area (Å²) in [6.45, 7) is 0. The van der Waals surface area contributed by atoms with E-state index in [1.54, 1.807) is 6.07 Å². The lowest BCUT2D eigenvalue weighted by atomic mass is 10.1. The topological polar surface area (TPSA) is 43.8 Å². The molecule has 1 saturated carbocycles. The Balaban J connectivity index is 2.01. The van der Waals surface area contributed by atoms with Gasteiger partial charge in [0, 0.05) is 22.3 Å². The van der Waals surface area contributed by atoms with Crippen molar-refractivity contribution in [3.63, 3.8) is 0 Å². The summed E-state index contributed by atoms with van der Waals surface area (Å²) in [5.41, 5.74) is 9.96. The van der Waals surface area contributed by atoms with Gasteiger partial charge in [-0.25, -0.2) is 4.98 Å². The zero-order valence-electron chi connectivity index (χ0n) is 10.9. The standard InChI is InChI=1S/C16H14ClN3/c17-10-5-8-12(13(18)9-10)16-19-14-3-1-2-4-15(14)20(16)11-6-7-11/h1-5,8-9,11H,6-7,18H2. The summed E-state index contributed by atoms with van der Waals surface area (Å²) in [5, 5.41) is 0.653. The Labute approximate surface area is 122 Å². The molecule has 100 valence electrons. The van der Waals surface area contributed by atoms with E-state index in [-0.39, 0.29) is 0 Å². The second-order valence-electron chi connectivity index (χ2n) is 5.26. The van der Waals surface area contributed by atoms with Gasteiger partial charge in [0.15, 0.2) is 0 Å². The van der Waals surface area contributed by atoms with Crippen LogP contribution in [-0.4, -0.2) is 9.55 Å². The van der Waals surface area contributed by atoms with Crippen LogP contribution in [0.2, 0.25) is 5.02 Å². The monoisotopic (exact) mass is 283 g/mol. The Hall–Kier alpha value is -2.00. The molecule has 1 aliphatic carbocycles. The first-order chi connectivity index (χ1) is 9.74. The Morgan fingerprint density at radius 1 is 1.15 bits per heavy atom. The molecule has 1 heterocycles. The number of para-hydroxylation sites is 2. The first-order valence-electron chi connectivity index (χ1n) is 6.76. The van der Waals surface area contributed by atoms with E-state index < -0.39 is 0 Å². The van der Waals surface area contributed by atoms with Crippen molar-refractivity contribution in [1.82, 2.24) is 9.55 Å². The molecule has 0 atom stereocenters. The van der Waals surface area contributed by atoms with Crippen molar-refractivity contribution in [3.05, 3.63) is 47.5 Å². The number of nitrogens with two attached hydrogens (primary N) is 1. The van der Waals surface area contributed by atoms with Crippen molar-refractivity contribution in [2.24, 2.45) is 0 Å². The molecule has 0 aliphatic heterocycles. The van der Waals surface area contributed by atoms with Gasteiger partial charge in [0.25, 0.3) is 0 Å². The summed E-state index contributed by atoms with van der Waals surface area (Å²) in [4.78, 5) is 4.77. The van der Waals surface area contributed by atoms with Gasteiger partial charge in [0.2, 0.25) is 0 Å². The van der Waals surface area contributed by atoms with Crippen molar-refractivity contribution in [1.29, 1.82) is 0 Å². The second-order valence-corrected chi connectivity index (χ2v) is 5.69. The largest absolute Gasteiger partial charge is 0.398 e. The average molecular weight is 284 g/mol. The van der Waals surface area contributed by atoms with Gasteiger partial charge < -0.3 is 10.3 Å². The average Bonchev–Trinajstić information content (AvgIpc) is 3.19. The van der Waals surface area contributed by atoms with Gasteiger partial charge >= 0.3 is 0 Å². The maximum absolute atomic E-state index is 6.13. The number of hydrogen-bond donors (Lipinski definition) is 1. The second kappa shape index (κ2) is 4.25. The molecule has 2 N–H and O–H groups in total. The molecule has 1 aromatic heterocycles. The molecule has 1 aliphatic rings. The van der Waals surface area contributed by atoms with Crippen molar-refractivity contribution in [2.45, 2.75) is 18.9 Å². The minimum Gasteiger partial charge on any atom is -0.398 e. The molecular formula is C16H14ClN3. The fourth-order valence-corrected chi connectivity index (χ4v) is 2.85. The fourth-order valence-electron chi connectivity index (χ4n) is 2.67. The van der Waals surface area contributed by atoms with E-state index >= 15 is 0 Å². The van der Waals surface area contributed by atoms with Gasteiger partial charge in [0.1, 0.15) is 5.82 Å². The first kappa shape index (κ1) is 11.8. The Morgan fingerprint density at radius 3 is 2.70 bits per heavy atom. The predicted octanol–water partition coefficient (Wildman–Crippen LogP) is 4.27. The highest BCUT2D eigenvalue weighted by molar-refractivity contribution is 6.31. The Kier molecular flexibility index (Phi) is 2.51. The van der Waals surface area contributed by atoms with Crippen LogP contribution >= 0.6 is 11.6 Å². The maximum Gasteiger partial charge on any atom is 0.143 e. The van der Waals surface area contributed by atoms with Crippen LogP contribution in [0.25, 0.3) is 22.4 Å². The lowest BCUT2D eigenvalue weighted by molar-refractivity contribution is 0.775. The smallest absolute Gasteiger partial charge is 0.143 e. The number of nitrogens with zero attached hydrogens (tertiary/aromatic N) is 2. The molecule has 0 bridgehead atoms. The number of imidazole rings is 1. The minimum atomic E-state index is 0.549. The van der Waals surface area contributed by atoms with Gasteiger partial charge in [-0.1, -0.05) is 23.7 Å². The normalized spacial score (nSPS) is 14.8. The van der Waals surface area contributed by atoms with E-state index in [9.17, 15) is 0 Å². The third kappa shape index (κ3) is 1.78. The quantitative estimate of drug-likeness (QED) is 0.714. The fraction of sp³-hybridized carbons (Fsp3) is 0.188. The highest BCUT2D eigenvalue weighted by Crippen LogP contribution is 2.42. The third-order valence-electron chi connectivity index (χ3n) is 3.76. The number of anilines is 1. The molecule has 0 spiro atoms. The van der Waals surface area contributed by atoms with Gasteiger partial charge in [-0.05, 0) is 43.2 Å². The summed E-state index contributed by atoms with van der Waals surface area (Å²) >= 11 is 5.99. The number of hydrogen-bond acceptors (Lipinski definition) is 2. The van der Waals surface area contributed by atoms with Crippen LogP contribution in [0.5, 0.6) is 0 Å². The molecule has 4 heteroatoms. The van der Waals surface area contributed by atoms with E-state index in [1.807, 2.05) is 24.3 Å². The summed E-state index contributed by atoms with van der Waals surface area (Å²) in [6.07, 6.45) is 2.42. The van der Waals surface area contributed by atoms with Gasteiger partial charge in [-0.2, -0.15) is 0 Å². The Morgan fingerprint density at radius 2 is 1.95 bits per heavy atom. The van der Waals surface area contributed by atoms with Crippen molar-refractivity contribution >= 4 is 28.3 Å².